The van der Waals surface area contributed by atoms with E-state index in [0.29, 0.717) is 11.8 Å². The molecule has 0 fully saturated rings. The molecule has 4 unspecified atom stereocenters. The van der Waals surface area contributed by atoms with E-state index in [1.54, 1.807) is 0 Å². The Morgan fingerprint density at radius 1 is 1.29 bits per heavy atom. The molecule has 0 heterocycles. The van der Waals surface area contributed by atoms with E-state index in [2.05, 4.69) is 102 Å². The zero-order valence-electron chi connectivity index (χ0n) is 18.7. The SMILES string of the molecule is CC=CC(C)C(C)(C=CCC)C1CC=CC2=C1/C(C)=C(/N)C(C)/C=C\C=C/C2. The third-order valence-corrected chi connectivity index (χ3v) is 6.62. The van der Waals surface area contributed by atoms with Gasteiger partial charge in [-0.2, -0.15) is 0 Å². The average molecular weight is 378 g/mol. The lowest BCUT2D eigenvalue weighted by Gasteiger charge is -2.43. The second-order valence-corrected chi connectivity index (χ2v) is 8.51. The zero-order valence-corrected chi connectivity index (χ0v) is 18.7. The van der Waals surface area contributed by atoms with Crippen LogP contribution in [0.3, 0.4) is 0 Å². The molecule has 0 saturated carbocycles. The maximum Gasteiger partial charge on any atom is 0.0180 e. The first-order valence-corrected chi connectivity index (χ1v) is 10.9. The van der Waals surface area contributed by atoms with Crippen LogP contribution in [0.4, 0.5) is 0 Å². The number of allylic oxidation sites excluding steroid dienone is 13. The van der Waals surface area contributed by atoms with Crippen molar-refractivity contribution >= 4 is 0 Å². The van der Waals surface area contributed by atoms with Gasteiger partial charge in [-0.3, -0.25) is 0 Å². The summed E-state index contributed by atoms with van der Waals surface area (Å²) in [5.74, 6) is 1.11. The topological polar surface area (TPSA) is 26.0 Å². The van der Waals surface area contributed by atoms with Crippen LogP contribution in [0.5, 0.6) is 0 Å². The van der Waals surface area contributed by atoms with E-state index in [4.69, 9.17) is 5.73 Å². The Hall–Kier alpha value is -2.02. The van der Waals surface area contributed by atoms with Crippen LogP contribution in [-0.2, 0) is 0 Å². The first kappa shape index (κ1) is 22.3. The molecule has 0 radical (unpaired) electrons. The number of hydrogen-bond donors (Lipinski definition) is 1. The average Bonchev–Trinajstić information content (AvgIpc) is 2.69. The molecule has 1 nitrogen and oxygen atoms in total. The van der Waals surface area contributed by atoms with Crippen LogP contribution < -0.4 is 5.73 Å². The molecule has 0 aromatic heterocycles. The standard InChI is InChI=1S/C27H39N/c1-7-9-19-27(6,21(4)14-8-2)24-18-13-17-23-16-12-10-11-15-20(3)26(28)22(5)25(23)24/h8-15,17,19-21,24H,7,16,18,28H2,1-6H3/b12-10-,14-8?,15-11-,19-9?,26-22+. The molecular formula is C27H39N. The molecule has 1 heteroatoms. The molecule has 0 amide bonds. The van der Waals surface area contributed by atoms with Crippen molar-refractivity contribution in [3.63, 3.8) is 0 Å². The van der Waals surface area contributed by atoms with Gasteiger partial charge in [0.2, 0.25) is 0 Å². The Kier molecular flexibility index (Phi) is 7.92. The van der Waals surface area contributed by atoms with Gasteiger partial charge >= 0.3 is 0 Å². The Balaban J connectivity index is 2.68. The molecule has 0 aliphatic heterocycles. The summed E-state index contributed by atoms with van der Waals surface area (Å²) in [7, 11) is 0. The van der Waals surface area contributed by atoms with Gasteiger partial charge in [0.15, 0.2) is 0 Å². The lowest BCUT2D eigenvalue weighted by Crippen LogP contribution is -2.35. The number of rotatable bonds is 5. The van der Waals surface area contributed by atoms with Crippen molar-refractivity contribution in [1.29, 1.82) is 0 Å². The molecule has 0 saturated heterocycles. The van der Waals surface area contributed by atoms with Crippen LogP contribution >= 0.6 is 0 Å². The molecule has 0 bridgehead atoms. The molecular weight excluding hydrogens is 338 g/mol. The van der Waals surface area contributed by atoms with E-state index < -0.39 is 0 Å². The van der Waals surface area contributed by atoms with Crippen LogP contribution in [-0.4, -0.2) is 0 Å². The fourth-order valence-electron chi connectivity index (χ4n) is 4.58. The van der Waals surface area contributed by atoms with Crippen molar-refractivity contribution in [2.24, 2.45) is 28.9 Å². The Morgan fingerprint density at radius 3 is 2.71 bits per heavy atom. The molecule has 4 atom stereocenters. The van der Waals surface area contributed by atoms with Gasteiger partial charge in [-0.25, -0.2) is 0 Å². The van der Waals surface area contributed by atoms with Crippen molar-refractivity contribution in [2.45, 2.75) is 60.8 Å². The van der Waals surface area contributed by atoms with Crippen LogP contribution in [0, 0.1) is 23.2 Å². The highest BCUT2D eigenvalue weighted by Gasteiger charge is 2.40. The summed E-state index contributed by atoms with van der Waals surface area (Å²) in [4.78, 5) is 0. The van der Waals surface area contributed by atoms with Crippen LogP contribution in [0.2, 0.25) is 0 Å². The highest BCUT2D eigenvalue weighted by Crippen LogP contribution is 2.49. The van der Waals surface area contributed by atoms with E-state index >= 15 is 0 Å². The quantitative estimate of drug-likeness (QED) is 0.495. The maximum atomic E-state index is 6.67. The monoisotopic (exact) mass is 377 g/mol. The van der Waals surface area contributed by atoms with E-state index in [9.17, 15) is 0 Å². The largest absolute Gasteiger partial charge is 0.401 e. The van der Waals surface area contributed by atoms with Crippen molar-refractivity contribution in [2.75, 3.05) is 0 Å². The summed E-state index contributed by atoms with van der Waals surface area (Å²) in [6.45, 7) is 13.5. The number of hydrogen-bond acceptors (Lipinski definition) is 1. The van der Waals surface area contributed by atoms with Crippen molar-refractivity contribution < 1.29 is 0 Å². The smallest absolute Gasteiger partial charge is 0.0180 e. The minimum atomic E-state index is 0.0440. The second-order valence-electron chi connectivity index (χ2n) is 8.51. The molecule has 0 aromatic carbocycles. The lowest BCUT2D eigenvalue weighted by atomic mass is 9.61. The fraction of sp³-hybridized carbons (Fsp3) is 0.481. The summed E-state index contributed by atoms with van der Waals surface area (Å²) in [6, 6.07) is 0. The second kappa shape index (κ2) is 9.96. The predicted molar refractivity (Wildman–Crippen MR) is 125 cm³/mol. The minimum absolute atomic E-state index is 0.0440. The first-order chi connectivity index (χ1) is 13.4. The zero-order chi connectivity index (χ0) is 20.7. The first-order valence-electron chi connectivity index (χ1n) is 10.9. The molecule has 152 valence electrons. The highest BCUT2D eigenvalue weighted by molar-refractivity contribution is 5.49. The van der Waals surface area contributed by atoms with Gasteiger partial charge in [-0.1, -0.05) is 88.5 Å². The molecule has 2 aliphatic rings. The normalized spacial score (nSPS) is 31.6. The van der Waals surface area contributed by atoms with Crippen molar-refractivity contribution in [1.82, 2.24) is 0 Å². The van der Waals surface area contributed by atoms with Gasteiger partial charge in [0.05, 0.1) is 0 Å². The number of nitrogens with two attached hydrogens (primary N) is 1. The van der Waals surface area contributed by atoms with E-state index in [1.165, 1.54) is 16.7 Å². The summed E-state index contributed by atoms with van der Waals surface area (Å²) in [5.41, 5.74) is 11.9. The van der Waals surface area contributed by atoms with Gasteiger partial charge in [-0.05, 0) is 67.1 Å². The Morgan fingerprint density at radius 2 is 2.04 bits per heavy atom. The third kappa shape index (κ3) is 4.69. The molecule has 2 rings (SSSR count). The Bertz CT molecular complexity index is 753. The fourth-order valence-corrected chi connectivity index (χ4v) is 4.58. The van der Waals surface area contributed by atoms with Crippen molar-refractivity contribution in [3.8, 4) is 0 Å². The summed E-state index contributed by atoms with van der Waals surface area (Å²) in [6.07, 6.45) is 25.9. The highest BCUT2D eigenvalue weighted by atomic mass is 14.6. The molecule has 2 aliphatic carbocycles. The van der Waals surface area contributed by atoms with Crippen molar-refractivity contribution in [3.05, 3.63) is 83.2 Å². The molecule has 2 N–H and O–H groups in total. The van der Waals surface area contributed by atoms with Gasteiger partial charge in [-0.15, -0.1) is 0 Å². The van der Waals surface area contributed by atoms with Gasteiger partial charge in [0.25, 0.3) is 0 Å². The molecule has 0 spiro atoms. The Labute approximate surface area is 173 Å². The van der Waals surface area contributed by atoms with Gasteiger partial charge in [0.1, 0.15) is 0 Å². The van der Waals surface area contributed by atoms with E-state index in [0.717, 1.165) is 25.0 Å². The minimum Gasteiger partial charge on any atom is -0.401 e. The van der Waals surface area contributed by atoms with Gasteiger partial charge in [0, 0.05) is 11.6 Å². The van der Waals surface area contributed by atoms with Crippen LogP contribution in [0.25, 0.3) is 0 Å². The van der Waals surface area contributed by atoms with E-state index in [1.807, 2.05) is 0 Å². The molecule has 0 aromatic rings. The lowest BCUT2D eigenvalue weighted by molar-refractivity contribution is 0.226. The summed E-state index contributed by atoms with van der Waals surface area (Å²) >= 11 is 0. The predicted octanol–water partition coefficient (Wildman–Crippen LogP) is 7.43. The summed E-state index contributed by atoms with van der Waals surface area (Å²) < 4.78 is 0. The van der Waals surface area contributed by atoms with Gasteiger partial charge < -0.3 is 5.73 Å². The summed E-state index contributed by atoms with van der Waals surface area (Å²) in [5, 5.41) is 0. The molecule has 28 heavy (non-hydrogen) atoms. The van der Waals surface area contributed by atoms with Crippen LogP contribution in [0.1, 0.15) is 60.8 Å². The third-order valence-electron chi connectivity index (χ3n) is 6.62. The maximum absolute atomic E-state index is 6.67. The van der Waals surface area contributed by atoms with E-state index in [-0.39, 0.29) is 11.3 Å². The van der Waals surface area contributed by atoms with Crippen LogP contribution in [0.15, 0.2) is 83.2 Å².